The molecule has 1 aliphatic carbocycles. The van der Waals surface area contributed by atoms with Crippen molar-refractivity contribution in [1.82, 2.24) is 10.2 Å². The molecule has 1 saturated carbocycles. The van der Waals surface area contributed by atoms with E-state index in [1.807, 2.05) is 20.8 Å². The first-order chi connectivity index (χ1) is 12.4. The maximum atomic E-state index is 12.7. The van der Waals surface area contributed by atoms with Gasteiger partial charge >= 0.3 is 0 Å². The van der Waals surface area contributed by atoms with Gasteiger partial charge in [0.05, 0.1) is 6.10 Å². The number of hydrogen-bond acceptors (Lipinski definition) is 4. The second kappa shape index (κ2) is 10.3. The zero-order chi connectivity index (χ0) is 18.8. The third kappa shape index (κ3) is 5.00. The van der Waals surface area contributed by atoms with E-state index in [1.54, 1.807) is 0 Å². The summed E-state index contributed by atoms with van der Waals surface area (Å²) in [6.07, 6.45) is 3.22. The molecule has 3 rings (SSSR count). The number of benzene rings is 1. The van der Waals surface area contributed by atoms with Crippen LogP contribution in [-0.2, 0) is 22.6 Å². The molecule has 2 fully saturated rings. The van der Waals surface area contributed by atoms with E-state index >= 15 is 0 Å². The van der Waals surface area contributed by atoms with Crippen molar-refractivity contribution in [3.8, 4) is 0 Å². The average molecular weight is 432 g/mol. The number of amides is 1. The predicted octanol–water partition coefficient (Wildman–Crippen LogP) is 3.27. The van der Waals surface area contributed by atoms with E-state index in [1.165, 1.54) is 31.5 Å². The zero-order valence-corrected chi connectivity index (χ0v) is 18.8. The lowest BCUT2D eigenvalue weighted by molar-refractivity contribution is -0.170. The quantitative estimate of drug-likeness (QED) is 0.694. The first kappa shape index (κ1) is 25.2. The van der Waals surface area contributed by atoms with Crippen molar-refractivity contribution in [1.29, 1.82) is 0 Å². The van der Waals surface area contributed by atoms with E-state index in [0.717, 1.165) is 12.1 Å². The number of likely N-dealkylation sites (tertiary alicyclic amines) is 1. The lowest BCUT2D eigenvalue weighted by atomic mass is 9.54. The van der Waals surface area contributed by atoms with Crippen molar-refractivity contribution in [2.75, 3.05) is 19.7 Å². The van der Waals surface area contributed by atoms with Gasteiger partial charge in [0, 0.05) is 31.5 Å². The number of rotatable bonds is 7. The second-order valence-corrected chi connectivity index (χ2v) is 8.33. The molecule has 1 heterocycles. The fourth-order valence-corrected chi connectivity index (χ4v) is 4.20. The Balaban J connectivity index is 0.00000196. The molecule has 1 saturated heterocycles. The predicted molar refractivity (Wildman–Crippen MR) is 118 cm³/mol. The SMILES string of the molecule is CCOC1CC(N)(C(=O)NCc2cccc(CN3CCCC3)c2)C1(C)C.Cl.Cl. The van der Waals surface area contributed by atoms with Crippen LogP contribution < -0.4 is 11.1 Å². The molecule has 0 radical (unpaired) electrons. The summed E-state index contributed by atoms with van der Waals surface area (Å²) in [5.41, 5.74) is 7.66. The Hall–Kier alpha value is -0.850. The smallest absolute Gasteiger partial charge is 0.241 e. The summed E-state index contributed by atoms with van der Waals surface area (Å²) in [5, 5.41) is 3.05. The lowest BCUT2D eigenvalue weighted by Crippen LogP contribution is -2.75. The highest BCUT2D eigenvalue weighted by atomic mass is 35.5. The third-order valence-corrected chi connectivity index (χ3v) is 6.28. The fraction of sp³-hybridized carbons (Fsp3) is 0.667. The van der Waals surface area contributed by atoms with Crippen LogP contribution in [-0.4, -0.2) is 42.1 Å². The molecule has 1 aromatic rings. The summed E-state index contributed by atoms with van der Waals surface area (Å²) < 4.78 is 5.72. The van der Waals surface area contributed by atoms with Crippen molar-refractivity contribution in [2.24, 2.45) is 11.1 Å². The van der Waals surface area contributed by atoms with Gasteiger partial charge in [-0.25, -0.2) is 0 Å². The van der Waals surface area contributed by atoms with Crippen molar-refractivity contribution in [3.05, 3.63) is 35.4 Å². The molecule has 0 bridgehead atoms. The molecule has 1 aromatic carbocycles. The number of nitrogens with one attached hydrogen (secondary N) is 1. The van der Waals surface area contributed by atoms with Crippen LogP contribution in [0.1, 0.15) is 51.2 Å². The number of ether oxygens (including phenoxy) is 1. The summed E-state index contributed by atoms with van der Waals surface area (Å²) in [6.45, 7) is 10.5. The standard InChI is InChI=1S/C21H33N3O2.2ClH/c1-4-26-18-13-21(22,20(18,2)3)19(25)23-14-16-8-7-9-17(12-16)15-24-10-5-6-11-24;;/h7-9,12,18H,4-6,10-11,13-15,22H2,1-3H3,(H,23,25);2*1H. The number of carbonyl (C=O) groups is 1. The molecule has 1 aliphatic heterocycles. The van der Waals surface area contributed by atoms with Gasteiger partial charge in [0.1, 0.15) is 5.54 Å². The van der Waals surface area contributed by atoms with Gasteiger partial charge in [-0.15, -0.1) is 24.8 Å². The summed E-state index contributed by atoms with van der Waals surface area (Å²) in [6, 6.07) is 8.49. The van der Waals surface area contributed by atoms with Crippen LogP contribution in [0.5, 0.6) is 0 Å². The van der Waals surface area contributed by atoms with Gasteiger partial charge < -0.3 is 15.8 Å². The summed E-state index contributed by atoms with van der Waals surface area (Å²) in [4.78, 5) is 15.2. The second-order valence-electron chi connectivity index (χ2n) is 8.33. The van der Waals surface area contributed by atoms with Crippen LogP contribution in [0.3, 0.4) is 0 Å². The molecular formula is C21H35Cl2N3O2. The maximum absolute atomic E-state index is 12.7. The minimum Gasteiger partial charge on any atom is -0.378 e. The van der Waals surface area contributed by atoms with Gasteiger partial charge in [-0.3, -0.25) is 9.69 Å². The maximum Gasteiger partial charge on any atom is 0.241 e. The molecule has 2 unspecified atom stereocenters. The van der Waals surface area contributed by atoms with Gasteiger partial charge in [0.15, 0.2) is 0 Å². The minimum absolute atomic E-state index is 0. The number of hydrogen-bond donors (Lipinski definition) is 2. The number of carbonyl (C=O) groups excluding carboxylic acids is 1. The normalized spacial score (nSPS) is 25.9. The van der Waals surface area contributed by atoms with Crippen molar-refractivity contribution in [3.63, 3.8) is 0 Å². The summed E-state index contributed by atoms with van der Waals surface area (Å²) >= 11 is 0. The van der Waals surface area contributed by atoms with Crippen LogP contribution in [0.4, 0.5) is 0 Å². The Morgan fingerprint density at radius 1 is 1.25 bits per heavy atom. The molecule has 2 aliphatic rings. The highest BCUT2D eigenvalue weighted by Crippen LogP contribution is 2.49. The number of nitrogens with two attached hydrogens (primary N) is 1. The van der Waals surface area contributed by atoms with E-state index in [0.29, 0.717) is 19.6 Å². The molecule has 5 nitrogen and oxygen atoms in total. The van der Waals surface area contributed by atoms with Crippen LogP contribution in [0.25, 0.3) is 0 Å². The molecule has 28 heavy (non-hydrogen) atoms. The Morgan fingerprint density at radius 2 is 1.89 bits per heavy atom. The van der Waals surface area contributed by atoms with Gasteiger partial charge in [0.2, 0.25) is 5.91 Å². The van der Waals surface area contributed by atoms with Crippen molar-refractivity contribution in [2.45, 2.75) is 64.8 Å². The molecular weight excluding hydrogens is 397 g/mol. The Kier molecular flexibility index (Phi) is 9.23. The van der Waals surface area contributed by atoms with E-state index in [4.69, 9.17) is 10.5 Å². The fourth-order valence-electron chi connectivity index (χ4n) is 4.20. The van der Waals surface area contributed by atoms with E-state index < -0.39 is 5.54 Å². The van der Waals surface area contributed by atoms with Crippen LogP contribution in [0.2, 0.25) is 0 Å². The van der Waals surface area contributed by atoms with Crippen LogP contribution in [0, 0.1) is 5.41 Å². The average Bonchev–Trinajstić information content (AvgIpc) is 3.12. The Morgan fingerprint density at radius 3 is 2.50 bits per heavy atom. The topological polar surface area (TPSA) is 67.6 Å². The highest BCUT2D eigenvalue weighted by Gasteiger charge is 2.62. The molecule has 0 spiro atoms. The van der Waals surface area contributed by atoms with Gasteiger partial charge in [-0.1, -0.05) is 38.1 Å². The van der Waals surface area contributed by atoms with Crippen LogP contribution in [0.15, 0.2) is 24.3 Å². The number of halogens is 2. The molecule has 3 N–H and O–H groups in total. The Bertz CT molecular complexity index is 650. The van der Waals surface area contributed by atoms with E-state index in [2.05, 4.69) is 34.5 Å². The minimum atomic E-state index is -0.861. The summed E-state index contributed by atoms with van der Waals surface area (Å²) in [7, 11) is 0. The van der Waals surface area contributed by atoms with Gasteiger partial charge in [0.25, 0.3) is 0 Å². The van der Waals surface area contributed by atoms with E-state index in [9.17, 15) is 4.79 Å². The molecule has 160 valence electrons. The van der Waals surface area contributed by atoms with Crippen molar-refractivity contribution < 1.29 is 9.53 Å². The molecule has 0 aromatic heterocycles. The zero-order valence-electron chi connectivity index (χ0n) is 17.2. The molecule has 2 atom stereocenters. The summed E-state index contributed by atoms with van der Waals surface area (Å²) in [5.74, 6) is -0.0802. The first-order valence-electron chi connectivity index (χ1n) is 9.86. The monoisotopic (exact) mass is 431 g/mol. The largest absolute Gasteiger partial charge is 0.378 e. The van der Waals surface area contributed by atoms with Crippen LogP contribution >= 0.6 is 24.8 Å². The third-order valence-electron chi connectivity index (χ3n) is 6.28. The molecule has 1 amide bonds. The van der Waals surface area contributed by atoms with Gasteiger partial charge in [-0.05, 0) is 44.0 Å². The van der Waals surface area contributed by atoms with Crippen molar-refractivity contribution >= 4 is 30.7 Å². The number of nitrogens with zero attached hydrogens (tertiary/aromatic N) is 1. The van der Waals surface area contributed by atoms with Gasteiger partial charge in [-0.2, -0.15) is 0 Å². The Labute approximate surface area is 181 Å². The van der Waals surface area contributed by atoms with E-state index in [-0.39, 0.29) is 42.2 Å². The lowest BCUT2D eigenvalue weighted by Gasteiger charge is -2.57. The first-order valence-corrected chi connectivity index (χ1v) is 9.86. The highest BCUT2D eigenvalue weighted by molar-refractivity contribution is 5.88. The molecule has 7 heteroatoms.